The number of hydrogen-bond donors (Lipinski definition) is 1. The Morgan fingerprint density at radius 2 is 1.74 bits per heavy atom. The van der Waals surface area contributed by atoms with Crippen molar-refractivity contribution in [3.63, 3.8) is 0 Å². The number of methoxy groups -OCH3 is 1. The second-order valence-electron chi connectivity index (χ2n) is 7.65. The number of benzene rings is 2. The summed E-state index contributed by atoms with van der Waals surface area (Å²) in [6.07, 6.45) is 1.18. The van der Waals surface area contributed by atoms with Gasteiger partial charge in [-0.15, -0.1) is 0 Å². The molecular weight excluding hydrogens is 340 g/mol. The first-order valence-electron chi connectivity index (χ1n) is 8.89. The predicted octanol–water partition coefficient (Wildman–Crippen LogP) is 3.88. The maximum Gasteiger partial charge on any atom is 0.232 e. The van der Waals surface area contributed by atoms with Crippen molar-refractivity contribution in [2.45, 2.75) is 33.3 Å². The molecule has 0 aliphatic carbocycles. The molecule has 0 amide bonds. The molecule has 0 aliphatic heterocycles. The number of aliphatic hydroxyl groups is 1. The van der Waals surface area contributed by atoms with Crippen LogP contribution in [0, 0.1) is 5.41 Å². The third-order valence-electron chi connectivity index (χ3n) is 4.57. The van der Waals surface area contributed by atoms with Gasteiger partial charge in [0.25, 0.3) is 0 Å². The van der Waals surface area contributed by atoms with Gasteiger partial charge in [-0.1, -0.05) is 51.1 Å². The van der Waals surface area contributed by atoms with Crippen molar-refractivity contribution in [3.05, 3.63) is 65.4 Å². The van der Waals surface area contributed by atoms with Gasteiger partial charge in [-0.2, -0.15) is 0 Å². The van der Waals surface area contributed by atoms with Gasteiger partial charge in [0.15, 0.2) is 0 Å². The molecule has 1 aromatic heterocycles. The van der Waals surface area contributed by atoms with E-state index in [4.69, 9.17) is 4.74 Å². The van der Waals surface area contributed by atoms with E-state index in [1.807, 2.05) is 63.2 Å². The molecule has 1 N–H and O–H groups in total. The lowest BCUT2D eigenvalue weighted by atomic mass is 9.87. The van der Waals surface area contributed by atoms with E-state index < -0.39 is 6.10 Å². The molecule has 5 nitrogen and oxygen atoms in total. The summed E-state index contributed by atoms with van der Waals surface area (Å²) in [5, 5.41) is 10.7. The number of nitrogens with zero attached hydrogens (tertiary/aromatic N) is 2. The topological polar surface area (TPSA) is 72.3 Å². The molecule has 27 heavy (non-hydrogen) atoms. The summed E-state index contributed by atoms with van der Waals surface area (Å²) in [6.45, 7) is 5.77. The molecule has 140 valence electrons. The lowest BCUT2D eigenvalue weighted by Crippen LogP contribution is -2.22. The number of Topliss-reactive ketones (excluding diaryl/α,β-unsaturated/α-hetero) is 1. The van der Waals surface area contributed by atoms with Crippen LogP contribution in [0.1, 0.15) is 43.6 Å². The highest BCUT2D eigenvalue weighted by molar-refractivity contribution is 5.85. The Morgan fingerprint density at radius 3 is 2.37 bits per heavy atom. The lowest BCUT2D eigenvalue weighted by molar-refractivity contribution is -0.125. The van der Waals surface area contributed by atoms with Crippen molar-refractivity contribution >= 4 is 16.8 Å². The van der Waals surface area contributed by atoms with Gasteiger partial charge in [-0.3, -0.25) is 4.79 Å². The fraction of sp³-hybridized carbons (Fsp3) is 0.318. The van der Waals surface area contributed by atoms with Gasteiger partial charge < -0.3 is 9.84 Å². The number of carbonyl (C=O) groups excluding carboxylic acids is 1. The van der Waals surface area contributed by atoms with Crippen LogP contribution in [0.15, 0.2) is 48.7 Å². The quantitative estimate of drug-likeness (QED) is 0.744. The fourth-order valence-electron chi connectivity index (χ4n) is 2.74. The van der Waals surface area contributed by atoms with Crippen LogP contribution in [-0.4, -0.2) is 28.0 Å². The van der Waals surface area contributed by atoms with E-state index in [2.05, 4.69) is 9.97 Å². The molecule has 0 fully saturated rings. The van der Waals surface area contributed by atoms with Gasteiger partial charge in [0, 0.05) is 11.8 Å². The van der Waals surface area contributed by atoms with Crippen LogP contribution in [0.25, 0.3) is 11.0 Å². The summed E-state index contributed by atoms with van der Waals surface area (Å²) in [6, 6.07) is 13.0. The standard InChI is InChI=1S/C22H24N2O3/c1-22(2,3)19(25)11-14-5-7-15(8-6-14)21(26)16-9-10-17-18(12-16)24-20(27-4)13-23-17/h5-10,12-13,21,26H,11H2,1-4H3. The molecule has 3 aromatic rings. The average molecular weight is 364 g/mol. The number of fused-ring (bicyclic) bond motifs is 1. The Bertz CT molecular complexity index is 959. The smallest absolute Gasteiger partial charge is 0.232 e. The summed E-state index contributed by atoms with van der Waals surface area (Å²) in [5.41, 5.74) is 3.48. The van der Waals surface area contributed by atoms with E-state index in [1.165, 1.54) is 0 Å². The summed E-state index contributed by atoms with van der Waals surface area (Å²) >= 11 is 0. The molecule has 0 saturated heterocycles. The molecule has 0 radical (unpaired) electrons. The minimum absolute atomic E-state index is 0.192. The van der Waals surface area contributed by atoms with Crippen LogP contribution in [0.5, 0.6) is 5.88 Å². The average Bonchev–Trinajstić information content (AvgIpc) is 2.66. The van der Waals surface area contributed by atoms with Crippen molar-refractivity contribution in [1.82, 2.24) is 9.97 Å². The minimum atomic E-state index is -0.783. The number of rotatable bonds is 5. The molecule has 0 saturated carbocycles. The fourth-order valence-corrected chi connectivity index (χ4v) is 2.74. The van der Waals surface area contributed by atoms with Crippen molar-refractivity contribution in [2.24, 2.45) is 5.41 Å². The van der Waals surface area contributed by atoms with Crippen LogP contribution in [-0.2, 0) is 11.2 Å². The van der Waals surface area contributed by atoms with Crippen LogP contribution >= 0.6 is 0 Å². The summed E-state index contributed by atoms with van der Waals surface area (Å²) in [5.74, 6) is 0.625. The van der Waals surface area contributed by atoms with Gasteiger partial charge in [0.2, 0.25) is 5.88 Å². The Hall–Kier alpha value is -2.79. The Labute approximate surface area is 159 Å². The van der Waals surface area contributed by atoms with Crippen LogP contribution < -0.4 is 4.74 Å². The first kappa shape index (κ1) is 19.0. The first-order chi connectivity index (χ1) is 12.8. The SMILES string of the molecule is COc1cnc2ccc(C(O)c3ccc(CC(=O)C(C)(C)C)cc3)cc2n1. The van der Waals surface area contributed by atoms with Crippen LogP contribution in [0.3, 0.4) is 0 Å². The molecular formula is C22H24N2O3. The van der Waals surface area contributed by atoms with E-state index >= 15 is 0 Å². The Balaban J connectivity index is 1.82. The van der Waals surface area contributed by atoms with Crippen molar-refractivity contribution in [1.29, 1.82) is 0 Å². The van der Waals surface area contributed by atoms with Crippen LogP contribution in [0.4, 0.5) is 0 Å². The van der Waals surface area contributed by atoms with Crippen molar-refractivity contribution in [3.8, 4) is 5.88 Å². The van der Waals surface area contributed by atoms with E-state index in [0.29, 0.717) is 17.8 Å². The summed E-state index contributed by atoms with van der Waals surface area (Å²) in [4.78, 5) is 20.8. The van der Waals surface area contributed by atoms with Gasteiger partial charge >= 0.3 is 0 Å². The number of aromatic nitrogens is 2. The molecule has 0 bridgehead atoms. The van der Waals surface area contributed by atoms with Gasteiger partial charge in [-0.05, 0) is 28.8 Å². The normalized spacial score (nSPS) is 12.8. The highest BCUT2D eigenvalue weighted by Gasteiger charge is 2.21. The third kappa shape index (κ3) is 4.31. The number of carbonyl (C=O) groups is 1. The zero-order chi connectivity index (χ0) is 19.6. The largest absolute Gasteiger partial charge is 0.480 e. The number of ether oxygens (including phenoxy) is 1. The summed E-state index contributed by atoms with van der Waals surface area (Å²) < 4.78 is 5.11. The van der Waals surface area contributed by atoms with Gasteiger partial charge in [-0.25, -0.2) is 9.97 Å². The van der Waals surface area contributed by atoms with E-state index in [1.54, 1.807) is 13.3 Å². The molecule has 3 rings (SSSR count). The Morgan fingerprint density at radius 1 is 1.07 bits per heavy atom. The van der Waals surface area contributed by atoms with Gasteiger partial charge in [0.05, 0.1) is 24.3 Å². The molecule has 0 spiro atoms. The summed E-state index contributed by atoms with van der Waals surface area (Å²) in [7, 11) is 1.54. The maximum atomic E-state index is 12.2. The second kappa shape index (κ2) is 7.45. The molecule has 5 heteroatoms. The lowest BCUT2D eigenvalue weighted by Gasteiger charge is -2.17. The first-order valence-corrected chi connectivity index (χ1v) is 8.89. The zero-order valence-corrected chi connectivity index (χ0v) is 16.1. The van der Waals surface area contributed by atoms with Gasteiger partial charge in [0.1, 0.15) is 11.9 Å². The molecule has 1 atom stereocenters. The molecule has 1 unspecified atom stereocenters. The Kier molecular flexibility index (Phi) is 5.24. The van der Waals surface area contributed by atoms with Crippen molar-refractivity contribution in [2.75, 3.05) is 7.11 Å². The third-order valence-corrected chi connectivity index (χ3v) is 4.57. The number of ketones is 1. The predicted molar refractivity (Wildman–Crippen MR) is 105 cm³/mol. The molecule has 0 aliphatic rings. The molecule has 1 heterocycles. The number of hydrogen-bond acceptors (Lipinski definition) is 5. The monoisotopic (exact) mass is 364 g/mol. The molecule has 2 aromatic carbocycles. The van der Waals surface area contributed by atoms with E-state index in [0.717, 1.165) is 22.2 Å². The number of aliphatic hydroxyl groups excluding tert-OH is 1. The minimum Gasteiger partial charge on any atom is -0.480 e. The van der Waals surface area contributed by atoms with E-state index in [-0.39, 0.29) is 11.2 Å². The highest BCUT2D eigenvalue weighted by Crippen LogP contribution is 2.26. The van der Waals surface area contributed by atoms with Crippen LogP contribution in [0.2, 0.25) is 0 Å². The van der Waals surface area contributed by atoms with Crippen molar-refractivity contribution < 1.29 is 14.6 Å². The highest BCUT2D eigenvalue weighted by atomic mass is 16.5. The second-order valence-corrected chi connectivity index (χ2v) is 7.65. The zero-order valence-electron chi connectivity index (χ0n) is 16.1. The maximum absolute atomic E-state index is 12.2. The van der Waals surface area contributed by atoms with E-state index in [9.17, 15) is 9.90 Å².